The fourth-order valence-electron chi connectivity index (χ4n) is 3.42. The van der Waals surface area contributed by atoms with Crippen molar-refractivity contribution in [2.24, 2.45) is 0 Å². The van der Waals surface area contributed by atoms with Gasteiger partial charge in [0.2, 0.25) is 0 Å². The van der Waals surface area contributed by atoms with Crippen LogP contribution in [-0.2, 0) is 16.2 Å². The monoisotopic (exact) mass is 460 g/mol. The summed E-state index contributed by atoms with van der Waals surface area (Å²) in [4.78, 5) is 39.0. The second kappa shape index (κ2) is 9.99. The van der Waals surface area contributed by atoms with Gasteiger partial charge in [0.1, 0.15) is 29.5 Å². The summed E-state index contributed by atoms with van der Waals surface area (Å²) in [5.74, 6) is -0.966. The second-order valence-corrected chi connectivity index (χ2v) is 7.34. The maximum absolute atomic E-state index is 13.5. The van der Waals surface area contributed by atoms with E-state index in [4.69, 9.17) is 9.47 Å². The van der Waals surface area contributed by atoms with Crippen LogP contribution in [0.5, 0.6) is 11.5 Å². The highest BCUT2D eigenvalue weighted by atomic mass is 19.1. The van der Waals surface area contributed by atoms with Crippen molar-refractivity contribution in [1.29, 1.82) is 0 Å². The van der Waals surface area contributed by atoms with Crippen LogP contribution in [0, 0.1) is 5.82 Å². The average molecular weight is 460 g/mol. The second-order valence-electron chi connectivity index (χ2n) is 7.34. The molecule has 1 N–H and O–H groups in total. The largest absolute Gasteiger partial charge is 0.494 e. The molecule has 0 atom stereocenters. The summed E-state index contributed by atoms with van der Waals surface area (Å²) in [6.45, 7) is 2.41. The van der Waals surface area contributed by atoms with E-state index in [9.17, 15) is 18.8 Å². The average Bonchev–Trinajstić information content (AvgIpc) is 2.82. The van der Waals surface area contributed by atoms with Gasteiger partial charge in [0.15, 0.2) is 0 Å². The summed E-state index contributed by atoms with van der Waals surface area (Å²) in [6.07, 6.45) is 1.37. The van der Waals surface area contributed by atoms with Gasteiger partial charge in [-0.1, -0.05) is 30.3 Å². The van der Waals surface area contributed by atoms with E-state index in [1.165, 1.54) is 18.2 Å². The van der Waals surface area contributed by atoms with Crippen LogP contribution in [-0.4, -0.2) is 24.5 Å². The number of carbonyl (C=O) groups is 3. The minimum absolute atomic E-state index is 0.0921. The van der Waals surface area contributed by atoms with Crippen LogP contribution in [0.25, 0.3) is 6.08 Å². The number of imide groups is 2. The van der Waals surface area contributed by atoms with Crippen LogP contribution in [0.15, 0.2) is 78.4 Å². The number of amides is 4. The number of benzene rings is 3. The summed E-state index contributed by atoms with van der Waals surface area (Å²) >= 11 is 0. The third kappa shape index (κ3) is 4.96. The SMILES string of the molecule is CCOc1ccc(N2C(=O)NC(=O)/C(=C\c3ccccc3OCc3cccc(F)c3)C2=O)cc1. The van der Waals surface area contributed by atoms with Crippen molar-refractivity contribution in [1.82, 2.24) is 5.32 Å². The molecule has 3 aromatic carbocycles. The van der Waals surface area contributed by atoms with Crippen molar-refractivity contribution in [3.63, 3.8) is 0 Å². The number of nitrogens with zero attached hydrogens (tertiary/aromatic N) is 1. The summed E-state index contributed by atoms with van der Waals surface area (Å²) in [5.41, 5.74) is 1.15. The molecule has 8 heteroatoms. The van der Waals surface area contributed by atoms with Crippen LogP contribution in [0.2, 0.25) is 0 Å². The van der Waals surface area contributed by atoms with Crippen LogP contribution in [0.4, 0.5) is 14.9 Å². The molecular weight excluding hydrogens is 439 g/mol. The predicted octanol–water partition coefficient (Wildman–Crippen LogP) is 4.47. The number of barbiturate groups is 1. The smallest absolute Gasteiger partial charge is 0.335 e. The molecule has 172 valence electrons. The number of para-hydroxylation sites is 1. The third-order valence-electron chi connectivity index (χ3n) is 5.01. The van der Waals surface area contributed by atoms with Crippen LogP contribution >= 0.6 is 0 Å². The number of hydrogen-bond acceptors (Lipinski definition) is 5. The lowest BCUT2D eigenvalue weighted by Gasteiger charge is -2.26. The van der Waals surface area contributed by atoms with Crippen LogP contribution < -0.4 is 19.7 Å². The molecule has 1 saturated heterocycles. The summed E-state index contributed by atoms with van der Waals surface area (Å²) in [6, 6.07) is 18.4. The van der Waals surface area contributed by atoms with Gasteiger partial charge in [-0.25, -0.2) is 14.1 Å². The third-order valence-corrected chi connectivity index (χ3v) is 5.01. The Balaban J connectivity index is 1.61. The van der Waals surface area contributed by atoms with Crippen molar-refractivity contribution in [3.8, 4) is 11.5 Å². The van der Waals surface area contributed by atoms with Crippen molar-refractivity contribution in [3.05, 3.63) is 95.3 Å². The van der Waals surface area contributed by atoms with E-state index >= 15 is 0 Å². The van der Waals surface area contributed by atoms with Gasteiger partial charge in [0.25, 0.3) is 11.8 Å². The number of urea groups is 1. The molecule has 0 bridgehead atoms. The molecule has 1 aliphatic rings. The van der Waals surface area contributed by atoms with Crippen molar-refractivity contribution >= 4 is 29.6 Å². The molecule has 34 heavy (non-hydrogen) atoms. The molecule has 1 fully saturated rings. The molecule has 0 aromatic heterocycles. The van der Waals surface area contributed by atoms with E-state index in [0.29, 0.717) is 34.9 Å². The molecule has 7 nitrogen and oxygen atoms in total. The van der Waals surface area contributed by atoms with Gasteiger partial charge in [0.05, 0.1) is 12.3 Å². The maximum Gasteiger partial charge on any atom is 0.335 e. The van der Waals surface area contributed by atoms with E-state index in [2.05, 4.69) is 5.32 Å². The molecule has 0 spiro atoms. The van der Waals surface area contributed by atoms with E-state index in [1.54, 1.807) is 60.7 Å². The van der Waals surface area contributed by atoms with Gasteiger partial charge in [-0.05, 0) is 61.0 Å². The van der Waals surface area contributed by atoms with Gasteiger partial charge < -0.3 is 9.47 Å². The van der Waals surface area contributed by atoms with Gasteiger partial charge in [0, 0.05) is 5.56 Å². The zero-order valence-electron chi connectivity index (χ0n) is 18.3. The summed E-state index contributed by atoms with van der Waals surface area (Å²) in [5, 5.41) is 2.20. The molecule has 0 radical (unpaired) electrons. The lowest BCUT2D eigenvalue weighted by Crippen LogP contribution is -2.54. The Morgan fingerprint density at radius 2 is 1.71 bits per heavy atom. The normalized spacial score (nSPS) is 14.8. The van der Waals surface area contributed by atoms with Crippen LogP contribution in [0.1, 0.15) is 18.1 Å². The fraction of sp³-hybridized carbons (Fsp3) is 0.115. The Morgan fingerprint density at radius 1 is 0.941 bits per heavy atom. The number of ether oxygens (including phenoxy) is 2. The number of carbonyl (C=O) groups excluding carboxylic acids is 3. The van der Waals surface area contributed by atoms with Gasteiger partial charge in [-0.3, -0.25) is 14.9 Å². The number of rotatable bonds is 7. The Hall–Kier alpha value is -4.46. The first-order valence-corrected chi connectivity index (χ1v) is 10.6. The van der Waals surface area contributed by atoms with E-state index < -0.39 is 17.8 Å². The first-order chi connectivity index (χ1) is 16.5. The molecule has 0 aliphatic carbocycles. The number of nitrogens with one attached hydrogen (secondary N) is 1. The Kier molecular flexibility index (Phi) is 6.68. The molecule has 4 amide bonds. The Morgan fingerprint density at radius 3 is 2.44 bits per heavy atom. The standard InChI is InChI=1S/C26H21FN2O5/c1-2-33-21-12-10-20(11-13-21)29-25(31)22(24(30)28-26(29)32)15-18-7-3-4-9-23(18)34-16-17-6-5-8-19(27)14-17/h3-15H,2,16H2,1H3,(H,28,30,32)/b22-15+. The summed E-state index contributed by atoms with van der Waals surface area (Å²) in [7, 11) is 0. The predicted molar refractivity (Wildman–Crippen MR) is 124 cm³/mol. The number of hydrogen-bond donors (Lipinski definition) is 1. The highest BCUT2D eigenvalue weighted by Crippen LogP contribution is 2.27. The molecule has 4 rings (SSSR count). The van der Waals surface area contributed by atoms with Crippen molar-refractivity contribution in [2.75, 3.05) is 11.5 Å². The fourth-order valence-corrected chi connectivity index (χ4v) is 3.42. The minimum Gasteiger partial charge on any atom is -0.494 e. The van der Waals surface area contributed by atoms with Gasteiger partial charge in [-0.2, -0.15) is 0 Å². The Labute approximate surface area is 195 Å². The van der Waals surface area contributed by atoms with E-state index in [1.807, 2.05) is 6.92 Å². The van der Waals surface area contributed by atoms with Crippen LogP contribution in [0.3, 0.4) is 0 Å². The molecule has 1 heterocycles. The summed E-state index contributed by atoms with van der Waals surface area (Å²) < 4.78 is 24.6. The lowest BCUT2D eigenvalue weighted by molar-refractivity contribution is -0.122. The van der Waals surface area contributed by atoms with Gasteiger partial charge >= 0.3 is 6.03 Å². The quantitative estimate of drug-likeness (QED) is 0.415. The zero-order valence-corrected chi connectivity index (χ0v) is 18.3. The van der Waals surface area contributed by atoms with E-state index in [0.717, 1.165) is 4.90 Å². The molecular formula is C26H21FN2O5. The first-order valence-electron chi connectivity index (χ1n) is 10.6. The Bertz CT molecular complexity index is 1270. The molecule has 1 aliphatic heterocycles. The first kappa shape index (κ1) is 22.7. The number of anilines is 1. The van der Waals surface area contributed by atoms with E-state index in [-0.39, 0.29) is 18.0 Å². The van der Waals surface area contributed by atoms with Crippen molar-refractivity contribution in [2.45, 2.75) is 13.5 Å². The molecule has 3 aromatic rings. The molecule has 0 unspecified atom stereocenters. The highest BCUT2D eigenvalue weighted by Gasteiger charge is 2.37. The topological polar surface area (TPSA) is 84.9 Å². The highest BCUT2D eigenvalue weighted by molar-refractivity contribution is 6.39. The lowest BCUT2D eigenvalue weighted by atomic mass is 10.1. The minimum atomic E-state index is -0.841. The number of halogens is 1. The molecule has 0 saturated carbocycles. The zero-order chi connectivity index (χ0) is 24.1. The van der Waals surface area contributed by atoms with Gasteiger partial charge in [-0.15, -0.1) is 0 Å². The van der Waals surface area contributed by atoms with Crippen molar-refractivity contribution < 1.29 is 28.2 Å². The maximum atomic E-state index is 13.5.